The summed E-state index contributed by atoms with van der Waals surface area (Å²) in [7, 11) is 2.37. The van der Waals surface area contributed by atoms with E-state index in [4.69, 9.17) is 0 Å². The van der Waals surface area contributed by atoms with Crippen molar-refractivity contribution in [1.29, 1.82) is 0 Å². The van der Waals surface area contributed by atoms with Gasteiger partial charge in [-0.3, -0.25) is 0 Å². The lowest BCUT2D eigenvalue weighted by molar-refractivity contribution is -0.906. The Morgan fingerprint density at radius 3 is 1.77 bits per heavy atom. The number of unbranched alkanes of at least 4 members (excludes halogenated alkanes) is 4. The van der Waals surface area contributed by atoms with Crippen molar-refractivity contribution in [3.63, 3.8) is 0 Å². The first-order valence-electron chi connectivity index (χ1n) is 6.02. The number of nitrogens with zero attached hydrogens (tertiary/aromatic N) is 1. The molecule has 0 N–H and O–H groups in total. The molecule has 1 nitrogen and oxygen atoms in total. The van der Waals surface area contributed by atoms with Crippen LogP contribution in [0.25, 0.3) is 0 Å². The molecule has 0 unspecified atom stereocenters. The third kappa shape index (κ3) is 6.09. The molecule has 0 radical (unpaired) electrons. The summed E-state index contributed by atoms with van der Waals surface area (Å²) in [6.07, 6.45) is 7.05. The standard InChI is InChI=1S/C12H28N/c1-5-8-9-10-11-12-13(4,6-2)7-3/h5-12H2,1-4H3/q+1. The first-order chi connectivity index (χ1) is 6.18. The lowest BCUT2D eigenvalue weighted by Gasteiger charge is -2.32. The Balaban J connectivity index is 3.39. The summed E-state index contributed by atoms with van der Waals surface area (Å²) in [6.45, 7) is 10.8. The van der Waals surface area contributed by atoms with Gasteiger partial charge >= 0.3 is 0 Å². The second-order valence-electron chi connectivity index (χ2n) is 4.39. The topological polar surface area (TPSA) is 0 Å². The van der Waals surface area contributed by atoms with E-state index in [1.165, 1.54) is 56.2 Å². The lowest BCUT2D eigenvalue weighted by Crippen LogP contribution is -2.44. The minimum atomic E-state index is 1.26. The van der Waals surface area contributed by atoms with Gasteiger partial charge in [0, 0.05) is 0 Å². The van der Waals surface area contributed by atoms with Crippen LogP contribution < -0.4 is 0 Å². The van der Waals surface area contributed by atoms with Gasteiger partial charge in [-0.25, -0.2) is 0 Å². The van der Waals surface area contributed by atoms with Gasteiger partial charge in [-0.05, 0) is 26.7 Å². The second kappa shape index (κ2) is 7.37. The fraction of sp³-hybridized carbons (Fsp3) is 1.00. The zero-order chi connectivity index (χ0) is 10.2. The lowest BCUT2D eigenvalue weighted by atomic mass is 10.1. The normalized spacial score (nSPS) is 12.0. The average molecular weight is 186 g/mol. The van der Waals surface area contributed by atoms with Gasteiger partial charge < -0.3 is 4.48 Å². The highest BCUT2D eigenvalue weighted by atomic mass is 15.3. The Hall–Kier alpha value is -0.0400. The highest BCUT2D eigenvalue weighted by molar-refractivity contribution is 4.42. The zero-order valence-corrected chi connectivity index (χ0v) is 10.1. The van der Waals surface area contributed by atoms with Gasteiger partial charge in [0.2, 0.25) is 0 Å². The molecule has 0 bridgehead atoms. The van der Waals surface area contributed by atoms with Crippen LogP contribution in [0, 0.1) is 0 Å². The van der Waals surface area contributed by atoms with Crippen LogP contribution in [-0.4, -0.2) is 31.2 Å². The Labute approximate surface area is 84.7 Å². The van der Waals surface area contributed by atoms with Crippen LogP contribution in [0.5, 0.6) is 0 Å². The van der Waals surface area contributed by atoms with Crippen LogP contribution in [0.4, 0.5) is 0 Å². The number of hydrogen-bond donors (Lipinski definition) is 0. The average Bonchev–Trinajstić information content (AvgIpc) is 2.17. The highest BCUT2D eigenvalue weighted by Crippen LogP contribution is 2.08. The maximum Gasteiger partial charge on any atom is 0.0784 e. The third-order valence-electron chi connectivity index (χ3n) is 3.33. The summed E-state index contributed by atoms with van der Waals surface area (Å²) in [5.41, 5.74) is 0. The van der Waals surface area contributed by atoms with Crippen molar-refractivity contribution in [2.75, 3.05) is 26.7 Å². The molecule has 0 amide bonds. The fourth-order valence-corrected chi connectivity index (χ4v) is 1.64. The molecule has 0 heterocycles. The van der Waals surface area contributed by atoms with Crippen LogP contribution in [0.1, 0.15) is 52.9 Å². The Kier molecular flexibility index (Phi) is 7.35. The van der Waals surface area contributed by atoms with E-state index in [1.54, 1.807) is 0 Å². The van der Waals surface area contributed by atoms with Gasteiger partial charge in [0.05, 0.1) is 26.7 Å². The smallest absolute Gasteiger partial charge is 0.0784 e. The summed E-state index contributed by atoms with van der Waals surface area (Å²) >= 11 is 0. The first-order valence-corrected chi connectivity index (χ1v) is 6.02. The summed E-state index contributed by atoms with van der Waals surface area (Å²) < 4.78 is 1.26. The SMILES string of the molecule is CCCCCCC[N+](C)(CC)CC. The molecule has 0 atom stereocenters. The Bertz CT molecular complexity index is 106. The van der Waals surface area contributed by atoms with Crippen molar-refractivity contribution in [2.45, 2.75) is 52.9 Å². The van der Waals surface area contributed by atoms with Crippen LogP contribution in [0.15, 0.2) is 0 Å². The second-order valence-corrected chi connectivity index (χ2v) is 4.39. The summed E-state index contributed by atoms with van der Waals surface area (Å²) in [5.74, 6) is 0. The largest absolute Gasteiger partial charge is 0.327 e. The van der Waals surface area contributed by atoms with Crippen LogP contribution in [0.2, 0.25) is 0 Å². The molecule has 0 aromatic carbocycles. The highest BCUT2D eigenvalue weighted by Gasteiger charge is 2.14. The van der Waals surface area contributed by atoms with Crippen LogP contribution in [0.3, 0.4) is 0 Å². The molecule has 0 saturated carbocycles. The van der Waals surface area contributed by atoms with E-state index in [1.807, 2.05) is 0 Å². The van der Waals surface area contributed by atoms with Crippen molar-refractivity contribution < 1.29 is 4.48 Å². The first kappa shape index (κ1) is 13.0. The predicted molar refractivity (Wildman–Crippen MR) is 60.9 cm³/mol. The molecule has 0 aromatic rings. The Morgan fingerprint density at radius 2 is 1.31 bits per heavy atom. The van der Waals surface area contributed by atoms with Gasteiger partial charge in [-0.15, -0.1) is 0 Å². The van der Waals surface area contributed by atoms with Crippen molar-refractivity contribution >= 4 is 0 Å². The number of quaternary nitrogens is 1. The summed E-state index contributed by atoms with van der Waals surface area (Å²) in [5, 5.41) is 0. The van der Waals surface area contributed by atoms with E-state index >= 15 is 0 Å². The zero-order valence-electron chi connectivity index (χ0n) is 10.1. The molecule has 0 aliphatic carbocycles. The van der Waals surface area contributed by atoms with Crippen molar-refractivity contribution in [3.05, 3.63) is 0 Å². The fourth-order valence-electron chi connectivity index (χ4n) is 1.64. The molecular weight excluding hydrogens is 158 g/mol. The van der Waals surface area contributed by atoms with E-state index in [0.717, 1.165) is 0 Å². The number of rotatable bonds is 8. The van der Waals surface area contributed by atoms with Gasteiger partial charge in [-0.1, -0.05) is 26.2 Å². The molecule has 0 rings (SSSR count). The molecule has 80 valence electrons. The van der Waals surface area contributed by atoms with E-state index in [9.17, 15) is 0 Å². The summed E-state index contributed by atoms with van der Waals surface area (Å²) in [6, 6.07) is 0. The third-order valence-corrected chi connectivity index (χ3v) is 3.33. The van der Waals surface area contributed by atoms with E-state index < -0.39 is 0 Å². The van der Waals surface area contributed by atoms with Crippen LogP contribution >= 0.6 is 0 Å². The van der Waals surface area contributed by atoms with Gasteiger partial charge in [0.25, 0.3) is 0 Å². The van der Waals surface area contributed by atoms with E-state index in [2.05, 4.69) is 27.8 Å². The quantitative estimate of drug-likeness (QED) is 0.402. The maximum atomic E-state index is 2.37. The minimum absolute atomic E-state index is 1.26. The monoisotopic (exact) mass is 186 g/mol. The van der Waals surface area contributed by atoms with Crippen molar-refractivity contribution in [1.82, 2.24) is 0 Å². The van der Waals surface area contributed by atoms with Crippen molar-refractivity contribution in [3.8, 4) is 0 Å². The molecule has 0 aliphatic rings. The number of hydrogen-bond acceptors (Lipinski definition) is 0. The van der Waals surface area contributed by atoms with Crippen LogP contribution in [-0.2, 0) is 0 Å². The Morgan fingerprint density at radius 1 is 0.769 bits per heavy atom. The summed E-state index contributed by atoms with van der Waals surface area (Å²) in [4.78, 5) is 0. The minimum Gasteiger partial charge on any atom is -0.327 e. The van der Waals surface area contributed by atoms with Gasteiger partial charge in [0.1, 0.15) is 0 Å². The predicted octanol–water partition coefficient (Wildman–Crippen LogP) is 3.44. The van der Waals surface area contributed by atoms with E-state index in [0.29, 0.717) is 0 Å². The molecular formula is C12H28N+. The maximum absolute atomic E-state index is 2.37. The van der Waals surface area contributed by atoms with Gasteiger partial charge in [-0.2, -0.15) is 0 Å². The molecule has 0 aromatic heterocycles. The molecule has 0 fully saturated rings. The molecule has 1 heteroatoms. The van der Waals surface area contributed by atoms with E-state index in [-0.39, 0.29) is 0 Å². The molecule has 13 heavy (non-hydrogen) atoms. The molecule has 0 saturated heterocycles. The molecule has 0 spiro atoms. The van der Waals surface area contributed by atoms with Crippen molar-refractivity contribution in [2.24, 2.45) is 0 Å². The van der Waals surface area contributed by atoms with Gasteiger partial charge in [0.15, 0.2) is 0 Å². The molecule has 0 aliphatic heterocycles.